The molecule has 2 fully saturated rings. The number of rotatable bonds is 5. The zero-order valence-corrected chi connectivity index (χ0v) is 21.7. The van der Waals surface area contributed by atoms with Crippen LogP contribution >= 0.6 is 15.9 Å². The topological polar surface area (TPSA) is 86.8 Å². The Hall–Kier alpha value is -1.45. The zero-order chi connectivity index (χ0) is 23.6. The van der Waals surface area contributed by atoms with Gasteiger partial charge in [-0.15, -0.1) is 0 Å². The number of anilines is 1. The molecule has 7 nitrogen and oxygen atoms in total. The molecule has 2 amide bonds. The summed E-state index contributed by atoms with van der Waals surface area (Å²) < 4.78 is 29.5. The Balaban J connectivity index is 1.47. The minimum Gasteiger partial charge on any atom is -0.353 e. The average molecular weight is 541 g/mol. The van der Waals surface area contributed by atoms with E-state index in [9.17, 15) is 18.0 Å². The maximum absolute atomic E-state index is 13.7. The lowest BCUT2D eigenvalue weighted by molar-refractivity contribution is -0.127. The largest absolute Gasteiger partial charge is 0.353 e. The molecule has 0 aromatic heterocycles. The molecule has 4 rings (SSSR count). The molecule has 0 unspecified atom stereocenters. The first-order valence-electron chi connectivity index (χ1n) is 12.2. The molecule has 0 bridgehead atoms. The summed E-state index contributed by atoms with van der Waals surface area (Å²) in [5.41, 5.74) is 1.40. The molecule has 2 aliphatic heterocycles. The fourth-order valence-electron chi connectivity index (χ4n) is 5.35. The van der Waals surface area contributed by atoms with Crippen molar-refractivity contribution in [3.05, 3.63) is 22.2 Å². The van der Waals surface area contributed by atoms with Gasteiger partial charge in [0.25, 0.3) is 0 Å². The van der Waals surface area contributed by atoms with Crippen LogP contribution in [0.5, 0.6) is 0 Å². The standard InChI is InChI=1S/C24H34BrN3O4S/c1-2-22(29)28-14-11-18-15-19(25)16-21(23(18)28)33(31,32)27-12-9-17(10-13-27)24(30)26-20-7-5-3-4-6-8-20/h15-17,20H,2-14H2,1H3,(H,26,30). The van der Waals surface area contributed by atoms with Crippen molar-refractivity contribution in [3.8, 4) is 0 Å². The second-order valence-electron chi connectivity index (χ2n) is 9.44. The van der Waals surface area contributed by atoms with Crippen LogP contribution in [0.3, 0.4) is 0 Å². The smallest absolute Gasteiger partial charge is 0.245 e. The molecule has 1 aromatic carbocycles. The highest BCUT2D eigenvalue weighted by Crippen LogP contribution is 2.39. The minimum atomic E-state index is -3.79. The third kappa shape index (κ3) is 5.30. The molecule has 33 heavy (non-hydrogen) atoms. The fraction of sp³-hybridized carbons (Fsp3) is 0.667. The molecule has 1 aromatic rings. The van der Waals surface area contributed by atoms with Crippen molar-refractivity contribution in [2.75, 3.05) is 24.5 Å². The van der Waals surface area contributed by atoms with Crippen molar-refractivity contribution < 1.29 is 18.0 Å². The van der Waals surface area contributed by atoms with Crippen molar-refractivity contribution in [2.45, 2.75) is 82.1 Å². The lowest BCUT2D eigenvalue weighted by atomic mass is 9.96. The summed E-state index contributed by atoms with van der Waals surface area (Å²) in [7, 11) is -3.79. The summed E-state index contributed by atoms with van der Waals surface area (Å²) in [6.07, 6.45) is 8.90. The van der Waals surface area contributed by atoms with Gasteiger partial charge >= 0.3 is 0 Å². The highest BCUT2D eigenvalue weighted by molar-refractivity contribution is 9.10. The Morgan fingerprint density at radius 1 is 1.03 bits per heavy atom. The fourth-order valence-corrected chi connectivity index (χ4v) is 7.73. The van der Waals surface area contributed by atoms with Crippen molar-refractivity contribution in [1.29, 1.82) is 0 Å². The lowest BCUT2D eigenvalue weighted by Gasteiger charge is -2.32. The molecular formula is C24H34BrN3O4S. The summed E-state index contributed by atoms with van der Waals surface area (Å²) in [4.78, 5) is 27.1. The molecular weight excluding hydrogens is 506 g/mol. The van der Waals surface area contributed by atoms with Gasteiger partial charge in [0, 0.05) is 42.5 Å². The molecule has 1 saturated heterocycles. The van der Waals surface area contributed by atoms with Crippen molar-refractivity contribution in [1.82, 2.24) is 9.62 Å². The Kier molecular flexibility index (Phi) is 7.80. The molecule has 1 saturated carbocycles. The van der Waals surface area contributed by atoms with E-state index in [1.165, 1.54) is 17.1 Å². The number of benzene rings is 1. The van der Waals surface area contributed by atoms with Crippen molar-refractivity contribution >= 4 is 43.5 Å². The lowest BCUT2D eigenvalue weighted by Crippen LogP contribution is -2.45. The summed E-state index contributed by atoms with van der Waals surface area (Å²) in [5.74, 6) is -0.144. The van der Waals surface area contributed by atoms with Crippen LogP contribution in [-0.4, -0.2) is 50.2 Å². The van der Waals surface area contributed by atoms with E-state index in [1.54, 1.807) is 17.9 Å². The second-order valence-corrected chi connectivity index (χ2v) is 12.3. The molecule has 1 N–H and O–H groups in total. The van der Waals surface area contributed by atoms with Gasteiger partial charge in [0.05, 0.1) is 5.69 Å². The Bertz CT molecular complexity index is 997. The van der Waals surface area contributed by atoms with Crippen LogP contribution in [0, 0.1) is 5.92 Å². The third-order valence-corrected chi connectivity index (χ3v) is 9.61. The van der Waals surface area contributed by atoms with E-state index >= 15 is 0 Å². The van der Waals surface area contributed by atoms with E-state index in [4.69, 9.17) is 0 Å². The van der Waals surface area contributed by atoms with E-state index in [1.807, 2.05) is 6.07 Å². The number of carbonyl (C=O) groups is 2. The number of fused-ring (bicyclic) bond motifs is 1. The number of hydrogen-bond donors (Lipinski definition) is 1. The van der Waals surface area contributed by atoms with Gasteiger partial charge in [-0.1, -0.05) is 48.5 Å². The van der Waals surface area contributed by atoms with Gasteiger partial charge in [-0.25, -0.2) is 8.42 Å². The van der Waals surface area contributed by atoms with Crippen molar-refractivity contribution in [3.63, 3.8) is 0 Å². The number of amides is 2. The maximum Gasteiger partial charge on any atom is 0.245 e. The van der Waals surface area contributed by atoms with E-state index in [-0.39, 0.29) is 28.7 Å². The van der Waals surface area contributed by atoms with Gasteiger partial charge in [-0.3, -0.25) is 9.59 Å². The predicted molar refractivity (Wildman–Crippen MR) is 132 cm³/mol. The number of nitrogens with one attached hydrogen (secondary N) is 1. The molecule has 9 heteroatoms. The number of nitrogens with zero attached hydrogens (tertiary/aromatic N) is 2. The van der Waals surface area contributed by atoms with Crippen molar-refractivity contribution in [2.24, 2.45) is 5.92 Å². The van der Waals surface area contributed by atoms with Gasteiger partial charge in [-0.05, 0) is 49.8 Å². The summed E-state index contributed by atoms with van der Waals surface area (Å²) in [6, 6.07) is 3.77. The minimum absolute atomic E-state index is 0.0681. The van der Waals surface area contributed by atoms with Crippen LogP contribution in [0.2, 0.25) is 0 Å². The molecule has 0 spiro atoms. The zero-order valence-electron chi connectivity index (χ0n) is 19.3. The van der Waals surface area contributed by atoms with Crippen LogP contribution in [0.25, 0.3) is 0 Å². The summed E-state index contributed by atoms with van der Waals surface area (Å²) in [5, 5.41) is 3.22. The van der Waals surface area contributed by atoms with E-state index < -0.39 is 10.0 Å². The van der Waals surface area contributed by atoms with Gasteiger partial charge in [0.15, 0.2) is 0 Å². The average Bonchev–Trinajstić information content (AvgIpc) is 3.06. The van der Waals surface area contributed by atoms with Gasteiger partial charge in [0.2, 0.25) is 21.8 Å². The van der Waals surface area contributed by atoms with E-state index in [2.05, 4.69) is 21.2 Å². The molecule has 2 heterocycles. The quantitative estimate of drug-likeness (QED) is 0.573. The highest BCUT2D eigenvalue weighted by Gasteiger charge is 2.37. The number of halogens is 1. The number of hydrogen-bond acceptors (Lipinski definition) is 4. The first kappa shape index (κ1) is 24.7. The van der Waals surface area contributed by atoms with Crippen LogP contribution in [0.1, 0.15) is 70.3 Å². The van der Waals surface area contributed by atoms with Crippen LogP contribution in [0.4, 0.5) is 5.69 Å². The first-order valence-corrected chi connectivity index (χ1v) is 14.5. The molecule has 3 aliphatic rings. The monoisotopic (exact) mass is 539 g/mol. The number of piperidine rings is 1. The maximum atomic E-state index is 13.7. The molecule has 1 aliphatic carbocycles. The molecule has 0 atom stereocenters. The van der Waals surface area contributed by atoms with Crippen LogP contribution < -0.4 is 10.2 Å². The SMILES string of the molecule is CCC(=O)N1CCc2cc(Br)cc(S(=O)(=O)N3CCC(C(=O)NC4CCCCCC4)CC3)c21. The number of sulfonamides is 1. The highest BCUT2D eigenvalue weighted by atomic mass is 79.9. The first-order chi connectivity index (χ1) is 15.8. The van der Waals surface area contributed by atoms with Gasteiger partial charge < -0.3 is 10.2 Å². The summed E-state index contributed by atoms with van der Waals surface area (Å²) >= 11 is 3.45. The van der Waals surface area contributed by atoms with Crippen LogP contribution in [0.15, 0.2) is 21.5 Å². The van der Waals surface area contributed by atoms with E-state index in [0.29, 0.717) is 55.5 Å². The predicted octanol–water partition coefficient (Wildman–Crippen LogP) is 3.99. The molecule has 0 radical (unpaired) electrons. The normalized spacial score (nSPS) is 21.0. The Morgan fingerprint density at radius 2 is 1.70 bits per heavy atom. The van der Waals surface area contributed by atoms with Gasteiger partial charge in [0.1, 0.15) is 4.90 Å². The third-order valence-electron chi connectivity index (χ3n) is 7.24. The Labute approximate surface area is 205 Å². The van der Waals surface area contributed by atoms with Crippen LogP contribution in [-0.2, 0) is 26.0 Å². The van der Waals surface area contributed by atoms with E-state index in [0.717, 1.165) is 31.2 Å². The van der Waals surface area contributed by atoms with Gasteiger partial charge in [-0.2, -0.15) is 4.31 Å². The second kappa shape index (κ2) is 10.4. The number of carbonyl (C=O) groups excluding carboxylic acids is 2. The summed E-state index contributed by atoms with van der Waals surface area (Å²) in [6.45, 7) is 2.92. The Morgan fingerprint density at radius 3 is 2.33 bits per heavy atom. The molecule has 182 valence electrons.